The second-order valence-corrected chi connectivity index (χ2v) is 7.82. The second kappa shape index (κ2) is 9.71. The summed E-state index contributed by atoms with van der Waals surface area (Å²) in [5, 5.41) is 0.694. The van der Waals surface area contributed by atoms with Crippen LogP contribution >= 0.6 is 11.6 Å². The fourth-order valence-electron chi connectivity index (χ4n) is 3.67. The van der Waals surface area contributed by atoms with E-state index in [9.17, 15) is 4.79 Å². The predicted octanol–water partition coefficient (Wildman–Crippen LogP) is 5.92. The van der Waals surface area contributed by atoms with E-state index in [-0.39, 0.29) is 5.91 Å². The Bertz CT molecular complexity index is 1090. The van der Waals surface area contributed by atoms with Gasteiger partial charge in [0.2, 0.25) is 0 Å². The van der Waals surface area contributed by atoms with Gasteiger partial charge in [0.1, 0.15) is 6.61 Å². The average Bonchev–Trinajstić information content (AvgIpc) is 2.82. The minimum atomic E-state index is -0.0193. The van der Waals surface area contributed by atoms with E-state index in [0.29, 0.717) is 23.1 Å². The summed E-state index contributed by atoms with van der Waals surface area (Å²) in [5.74, 6) is 1.24. The fraction of sp³-hybridized carbons (Fsp3) is 0.192. The number of para-hydroxylation sites is 1. The second-order valence-electron chi connectivity index (χ2n) is 7.38. The molecule has 0 aliphatic carbocycles. The molecule has 31 heavy (non-hydrogen) atoms. The monoisotopic (exact) mass is 433 g/mol. The lowest BCUT2D eigenvalue weighted by Crippen LogP contribution is -2.34. The number of nitrogens with zero attached hydrogens (tertiary/aromatic N) is 1. The van der Waals surface area contributed by atoms with E-state index in [0.717, 1.165) is 36.2 Å². The van der Waals surface area contributed by atoms with Crippen LogP contribution in [-0.4, -0.2) is 19.6 Å². The van der Waals surface area contributed by atoms with Crippen molar-refractivity contribution in [3.63, 3.8) is 0 Å². The van der Waals surface area contributed by atoms with E-state index in [1.165, 1.54) is 5.56 Å². The van der Waals surface area contributed by atoms with Crippen LogP contribution < -0.4 is 14.4 Å². The first-order valence-corrected chi connectivity index (χ1v) is 10.6. The number of carbonyl (C=O) groups excluding carboxylic acids is 1. The lowest BCUT2D eigenvalue weighted by Gasteiger charge is -2.28. The molecule has 1 aliphatic rings. The molecule has 0 bridgehead atoms. The van der Waals surface area contributed by atoms with Crippen LogP contribution in [0.25, 0.3) is 6.08 Å². The van der Waals surface area contributed by atoms with Crippen molar-refractivity contribution in [1.29, 1.82) is 0 Å². The van der Waals surface area contributed by atoms with Gasteiger partial charge in [-0.3, -0.25) is 4.79 Å². The van der Waals surface area contributed by atoms with Crippen LogP contribution in [0.4, 0.5) is 5.69 Å². The number of carbonyl (C=O) groups is 1. The van der Waals surface area contributed by atoms with Crippen molar-refractivity contribution in [2.24, 2.45) is 0 Å². The summed E-state index contributed by atoms with van der Waals surface area (Å²) in [6.07, 6.45) is 5.42. The summed E-state index contributed by atoms with van der Waals surface area (Å²) in [6.45, 7) is 1.15. The van der Waals surface area contributed by atoms with Crippen molar-refractivity contribution in [3.8, 4) is 11.5 Å². The molecule has 5 heteroatoms. The van der Waals surface area contributed by atoms with Crippen LogP contribution in [0.15, 0.2) is 72.8 Å². The van der Waals surface area contributed by atoms with Gasteiger partial charge in [-0.25, -0.2) is 0 Å². The molecule has 0 aromatic heterocycles. The SMILES string of the molecule is COc1cc(/C=C/C(=O)N2CCCc3ccccc32)ccc1OCc1ccc(Cl)cc1. The normalized spacial score (nSPS) is 13.2. The van der Waals surface area contributed by atoms with Gasteiger partial charge in [0, 0.05) is 23.3 Å². The highest BCUT2D eigenvalue weighted by Crippen LogP contribution is 2.30. The van der Waals surface area contributed by atoms with Crippen LogP contribution in [0.3, 0.4) is 0 Å². The van der Waals surface area contributed by atoms with Gasteiger partial charge < -0.3 is 14.4 Å². The number of ether oxygens (including phenoxy) is 2. The molecular formula is C26H24ClNO3. The summed E-state index contributed by atoms with van der Waals surface area (Å²) in [7, 11) is 1.60. The fourth-order valence-corrected chi connectivity index (χ4v) is 3.79. The van der Waals surface area contributed by atoms with Crippen molar-refractivity contribution < 1.29 is 14.3 Å². The molecule has 3 aromatic carbocycles. The minimum absolute atomic E-state index is 0.0193. The van der Waals surface area contributed by atoms with Gasteiger partial charge in [0.15, 0.2) is 11.5 Å². The zero-order valence-electron chi connectivity index (χ0n) is 17.4. The number of halogens is 1. The minimum Gasteiger partial charge on any atom is -0.493 e. The van der Waals surface area contributed by atoms with Crippen molar-refractivity contribution in [3.05, 3.63) is 94.5 Å². The lowest BCUT2D eigenvalue weighted by atomic mass is 10.0. The zero-order valence-corrected chi connectivity index (χ0v) is 18.1. The number of hydrogen-bond acceptors (Lipinski definition) is 3. The van der Waals surface area contributed by atoms with Crippen LogP contribution in [0.2, 0.25) is 5.02 Å². The number of aryl methyl sites for hydroxylation is 1. The summed E-state index contributed by atoms with van der Waals surface area (Å²) >= 11 is 5.93. The van der Waals surface area contributed by atoms with Gasteiger partial charge in [-0.1, -0.05) is 48.0 Å². The molecule has 1 heterocycles. The van der Waals surface area contributed by atoms with Crippen LogP contribution in [0.1, 0.15) is 23.1 Å². The van der Waals surface area contributed by atoms with Gasteiger partial charge >= 0.3 is 0 Å². The van der Waals surface area contributed by atoms with E-state index < -0.39 is 0 Å². The predicted molar refractivity (Wildman–Crippen MR) is 125 cm³/mol. The number of methoxy groups -OCH3 is 1. The molecule has 0 unspecified atom stereocenters. The maximum absolute atomic E-state index is 12.8. The topological polar surface area (TPSA) is 38.8 Å². The van der Waals surface area contributed by atoms with E-state index in [1.54, 1.807) is 13.2 Å². The molecule has 0 atom stereocenters. The van der Waals surface area contributed by atoms with Crippen molar-refractivity contribution in [2.75, 3.05) is 18.6 Å². The third kappa shape index (κ3) is 5.09. The smallest absolute Gasteiger partial charge is 0.250 e. The van der Waals surface area contributed by atoms with Crippen LogP contribution in [-0.2, 0) is 17.8 Å². The van der Waals surface area contributed by atoms with Crippen molar-refractivity contribution in [2.45, 2.75) is 19.4 Å². The molecule has 158 valence electrons. The Morgan fingerprint density at radius 3 is 2.68 bits per heavy atom. The Morgan fingerprint density at radius 2 is 1.87 bits per heavy atom. The first-order valence-electron chi connectivity index (χ1n) is 10.3. The maximum Gasteiger partial charge on any atom is 0.250 e. The van der Waals surface area contributed by atoms with Gasteiger partial charge in [0.25, 0.3) is 5.91 Å². The van der Waals surface area contributed by atoms with Crippen LogP contribution in [0.5, 0.6) is 11.5 Å². The van der Waals surface area contributed by atoms with E-state index in [2.05, 4.69) is 6.07 Å². The van der Waals surface area contributed by atoms with Crippen molar-refractivity contribution >= 4 is 29.3 Å². The Morgan fingerprint density at radius 1 is 1.06 bits per heavy atom. The highest BCUT2D eigenvalue weighted by Gasteiger charge is 2.20. The molecule has 1 aliphatic heterocycles. The molecular weight excluding hydrogens is 410 g/mol. The third-order valence-corrected chi connectivity index (χ3v) is 5.54. The van der Waals surface area contributed by atoms with Crippen LogP contribution in [0, 0.1) is 0 Å². The summed E-state index contributed by atoms with van der Waals surface area (Å²) in [5.41, 5.74) is 4.11. The molecule has 0 N–H and O–H groups in total. The van der Waals surface area contributed by atoms with E-state index in [1.807, 2.05) is 71.6 Å². The Hall–Kier alpha value is -3.24. The molecule has 4 nitrogen and oxygen atoms in total. The first-order chi connectivity index (χ1) is 15.1. The number of amides is 1. The van der Waals surface area contributed by atoms with Gasteiger partial charge in [-0.15, -0.1) is 0 Å². The number of hydrogen-bond donors (Lipinski definition) is 0. The Balaban J connectivity index is 1.44. The van der Waals surface area contributed by atoms with Gasteiger partial charge in [-0.05, 0) is 65.9 Å². The molecule has 3 aromatic rings. The zero-order chi connectivity index (χ0) is 21.6. The molecule has 4 rings (SSSR count). The standard InChI is InChI=1S/C26H24ClNO3/c1-30-25-17-19(10-14-24(25)31-18-20-8-12-22(27)13-9-20)11-15-26(29)28-16-4-6-21-5-2-3-7-23(21)28/h2-3,5,7-15,17H,4,6,16,18H2,1H3/b15-11+. The number of fused-ring (bicyclic) bond motifs is 1. The highest BCUT2D eigenvalue weighted by atomic mass is 35.5. The maximum atomic E-state index is 12.8. The van der Waals surface area contributed by atoms with Gasteiger partial charge in [0.05, 0.1) is 7.11 Å². The molecule has 0 radical (unpaired) electrons. The summed E-state index contributed by atoms with van der Waals surface area (Å²) in [6, 6.07) is 21.3. The van der Waals surface area contributed by atoms with Crippen molar-refractivity contribution in [1.82, 2.24) is 0 Å². The summed E-state index contributed by atoms with van der Waals surface area (Å²) in [4.78, 5) is 14.7. The Labute approximate surface area is 187 Å². The molecule has 0 saturated heterocycles. The third-order valence-electron chi connectivity index (χ3n) is 5.29. The quantitative estimate of drug-likeness (QED) is 0.453. The molecule has 1 amide bonds. The summed E-state index contributed by atoms with van der Waals surface area (Å²) < 4.78 is 11.4. The molecule has 0 fully saturated rings. The van der Waals surface area contributed by atoms with Gasteiger partial charge in [-0.2, -0.15) is 0 Å². The molecule has 0 spiro atoms. The van der Waals surface area contributed by atoms with E-state index >= 15 is 0 Å². The van der Waals surface area contributed by atoms with E-state index in [4.69, 9.17) is 21.1 Å². The average molecular weight is 434 g/mol. The Kier molecular flexibility index (Phi) is 6.58. The largest absolute Gasteiger partial charge is 0.493 e. The number of anilines is 1. The molecule has 0 saturated carbocycles. The highest BCUT2D eigenvalue weighted by molar-refractivity contribution is 6.30. The lowest BCUT2D eigenvalue weighted by molar-refractivity contribution is -0.114. The number of rotatable bonds is 6. The first kappa shape index (κ1) is 21.0. The number of benzene rings is 3.